The van der Waals surface area contributed by atoms with Crippen LogP contribution < -0.4 is 9.64 Å². The molecule has 3 heterocycles. The first kappa shape index (κ1) is 19.0. The Labute approximate surface area is 167 Å². The van der Waals surface area contributed by atoms with Gasteiger partial charge in [0.15, 0.2) is 28.4 Å². The molecule has 0 amide bonds. The summed E-state index contributed by atoms with van der Waals surface area (Å²) in [6.45, 7) is 4.51. The zero-order valence-electron chi connectivity index (χ0n) is 16.2. The fourth-order valence-corrected chi connectivity index (χ4v) is 3.83. The Balaban J connectivity index is 1.67. The van der Waals surface area contributed by atoms with Crippen molar-refractivity contribution >= 4 is 28.7 Å². The summed E-state index contributed by atoms with van der Waals surface area (Å²) in [5.41, 5.74) is 1.60. The lowest BCUT2D eigenvalue weighted by atomic mass is 10.3. The molecule has 0 aliphatic carbocycles. The van der Waals surface area contributed by atoms with E-state index in [9.17, 15) is 0 Å². The van der Waals surface area contributed by atoms with Crippen LogP contribution in [0.1, 0.15) is 6.92 Å². The standard InChI is InChI=1S/C19H23N5O3S/c1-4-26-15-11-24(9-10-27-15)18-16-17(23(2)12-20-16)21-19(22-18)28-14-7-5-13(25-3)6-8-14/h5-8,12,15H,4,9-11H2,1-3H3. The van der Waals surface area contributed by atoms with Gasteiger partial charge in [-0.25, -0.2) is 15.0 Å². The average Bonchev–Trinajstić information content (AvgIpc) is 3.09. The van der Waals surface area contributed by atoms with Gasteiger partial charge < -0.3 is 23.7 Å². The van der Waals surface area contributed by atoms with Crippen LogP contribution in [0.2, 0.25) is 0 Å². The molecule has 1 aromatic carbocycles. The molecule has 2 aromatic heterocycles. The molecule has 1 aliphatic heterocycles. The van der Waals surface area contributed by atoms with Gasteiger partial charge in [-0.3, -0.25) is 0 Å². The maximum atomic E-state index is 5.69. The minimum Gasteiger partial charge on any atom is -0.497 e. The van der Waals surface area contributed by atoms with Gasteiger partial charge in [-0.2, -0.15) is 0 Å². The number of imidazole rings is 1. The number of rotatable bonds is 6. The smallest absolute Gasteiger partial charge is 0.196 e. The summed E-state index contributed by atoms with van der Waals surface area (Å²) in [5.74, 6) is 1.64. The zero-order valence-corrected chi connectivity index (χ0v) is 17.0. The summed E-state index contributed by atoms with van der Waals surface area (Å²) in [5, 5.41) is 0.677. The largest absolute Gasteiger partial charge is 0.497 e. The fourth-order valence-electron chi connectivity index (χ4n) is 3.09. The number of hydrogen-bond donors (Lipinski definition) is 0. The van der Waals surface area contributed by atoms with Gasteiger partial charge in [-0.05, 0) is 43.0 Å². The van der Waals surface area contributed by atoms with Gasteiger partial charge in [0, 0.05) is 25.1 Å². The van der Waals surface area contributed by atoms with Gasteiger partial charge in [-0.1, -0.05) is 0 Å². The van der Waals surface area contributed by atoms with E-state index in [4.69, 9.17) is 24.2 Å². The van der Waals surface area contributed by atoms with Gasteiger partial charge in [-0.15, -0.1) is 0 Å². The molecule has 28 heavy (non-hydrogen) atoms. The van der Waals surface area contributed by atoms with Crippen LogP contribution in [0, 0.1) is 0 Å². The van der Waals surface area contributed by atoms with Gasteiger partial charge in [0.25, 0.3) is 0 Å². The molecule has 0 spiro atoms. The van der Waals surface area contributed by atoms with Crippen molar-refractivity contribution in [1.82, 2.24) is 19.5 Å². The zero-order chi connectivity index (χ0) is 19.5. The molecule has 0 radical (unpaired) electrons. The van der Waals surface area contributed by atoms with Gasteiger partial charge >= 0.3 is 0 Å². The van der Waals surface area contributed by atoms with E-state index in [1.807, 2.05) is 42.8 Å². The number of anilines is 1. The lowest BCUT2D eigenvalue weighted by Gasteiger charge is -2.33. The molecule has 1 saturated heterocycles. The van der Waals surface area contributed by atoms with Gasteiger partial charge in [0.2, 0.25) is 0 Å². The maximum Gasteiger partial charge on any atom is 0.196 e. The molecule has 4 rings (SSSR count). The molecule has 8 nitrogen and oxygen atoms in total. The molecular formula is C19H23N5O3S. The number of methoxy groups -OCH3 is 1. The van der Waals surface area contributed by atoms with E-state index in [1.54, 1.807) is 13.4 Å². The third-order valence-corrected chi connectivity index (χ3v) is 5.35. The number of aryl methyl sites for hydroxylation is 1. The number of nitrogens with zero attached hydrogens (tertiary/aromatic N) is 5. The molecule has 1 unspecified atom stereocenters. The summed E-state index contributed by atoms with van der Waals surface area (Å²) >= 11 is 1.51. The summed E-state index contributed by atoms with van der Waals surface area (Å²) < 4.78 is 18.5. The molecule has 0 saturated carbocycles. The highest BCUT2D eigenvalue weighted by Crippen LogP contribution is 2.31. The molecule has 3 aromatic rings. The van der Waals surface area contributed by atoms with Crippen molar-refractivity contribution in [2.24, 2.45) is 7.05 Å². The van der Waals surface area contributed by atoms with E-state index < -0.39 is 0 Å². The number of morpholine rings is 1. The molecule has 9 heteroatoms. The van der Waals surface area contributed by atoms with Gasteiger partial charge in [0.05, 0.1) is 26.6 Å². The van der Waals surface area contributed by atoms with E-state index in [2.05, 4.69) is 9.88 Å². The van der Waals surface area contributed by atoms with E-state index >= 15 is 0 Å². The fraction of sp³-hybridized carbons (Fsp3) is 0.421. The van der Waals surface area contributed by atoms with Crippen molar-refractivity contribution in [2.45, 2.75) is 23.3 Å². The Morgan fingerprint density at radius 3 is 2.82 bits per heavy atom. The third-order valence-electron chi connectivity index (χ3n) is 4.48. The molecule has 1 atom stereocenters. The van der Waals surface area contributed by atoms with Crippen molar-refractivity contribution in [2.75, 3.05) is 38.3 Å². The third kappa shape index (κ3) is 3.91. The topological polar surface area (TPSA) is 74.5 Å². The Morgan fingerprint density at radius 2 is 2.07 bits per heavy atom. The monoisotopic (exact) mass is 401 g/mol. The van der Waals surface area contributed by atoms with Crippen molar-refractivity contribution in [3.8, 4) is 5.75 Å². The minimum absolute atomic E-state index is 0.259. The molecular weight excluding hydrogens is 378 g/mol. The number of benzene rings is 1. The number of ether oxygens (including phenoxy) is 3. The SMILES string of the molecule is CCOC1CN(c2nc(Sc3ccc(OC)cc3)nc3c2ncn3C)CCO1. The Hall–Kier alpha value is -2.36. The summed E-state index contributed by atoms with van der Waals surface area (Å²) in [6.07, 6.45) is 1.51. The lowest BCUT2D eigenvalue weighted by Crippen LogP contribution is -2.44. The van der Waals surface area contributed by atoms with Crippen LogP contribution in [0.3, 0.4) is 0 Å². The number of aromatic nitrogens is 4. The second-order valence-electron chi connectivity index (χ2n) is 6.34. The predicted molar refractivity (Wildman–Crippen MR) is 107 cm³/mol. The van der Waals surface area contributed by atoms with E-state index in [-0.39, 0.29) is 6.29 Å². The molecule has 1 aliphatic rings. The molecule has 0 bridgehead atoms. The van der Waals surface area contributed by atoms with Gasteiger partial charge in [0.1, 0.15) is 5.75 Å². The van der Waals surface area contributed by atoms with Crippen LogP contribution >= 0.6 is 11.8 Å². The predicted octanol–water partition coefficient (Wildman–Crippen LogP) is 2.72. The number of fused-ring (bicyclic) bond motifs is 1. The van der Waals surface area contributed by atoms with Crippen molar-refractivity contribution < 1.29 is 14.2 Å². The van der Waals surface area contributed by atoms with Crippen LogP contribution in [0.25, 0.3) is 11.2 Å². The lowest BCUT2D eigenvalue weighted by molar-refractivity contribution is -0.143. The van der Waals surface area contributed by atoms with E-state index in [1.165, 1.54) is 11.8 Å². The van der Waals surface area contributed by atoms with Crippen LogP contribution in [0.4, 0.5) is 5.82 Å². The highest BCUT2D eigenvalue weighted by atomic mass is 32.2. The molecule has 1 fully saturated rings. The first-order valence-corrected chi connectivity index (χ1v) is 9.98. The Kier molecular flexibility index (Phi) is 5.65. The first-order valence-electron chi connectivity index (χ1n) is 9.17. The molecule has 148 valence electrons. The molecule has 0 N–H and O–H groups in total. The van der Waals surface area contributed by atoms with E-state index in [0.717, 1.165) is 34.2 Å². The minimum atomic E-state index is -0.259. The normalized spacial score (nSPS) is 17.2. The van der Waals surface area contributed by atoms with Crippen molar-refractivity contribution in [1.29, 1.82) is 0 Å². The number of hydrogen-bond acceptors (Lipinski definition) is 8. The average molecular weight is 401 g/mol. The van der Waals surface area contributed by atoms with Crippen LogP contribution in [-0.2, 0) is 16.5 Å². The van der Waals surface area contributed by atoms with Crippen molar-refractivity contribution in [3.05, 3.63) is 30.6 Å². The summed E-state index contributed by atoms with van der Waals surface area (Å²) in [6, 6.07) is 7.86. The van der Waals surface area contributed by atoms with Crippen LogP contribution in [0.5, 0.6) is 5.75 Å². The second kappa shape index (κ2) is 8.34. The van der Waals surface area contributed by atoms with E-state index in [0.29, 0.717) is 24.9 Å². The van der Waals surface area contributed by atoms with Crippen molar-refractivity contribution in [3.63, 3.8) is 0 Å². The summed E-state index contributed by atoms with van der Waals surface area (Å²) in [7, 11) is 3.60. The highest BCUT2D eigenvalue weighted by Gasteiger charge is 2.25. The Morgan fingerprint density at radius 1 is 1.25 bits per heavy atom. The summed E-state index contributed by atoms with van der Waals surface area (Å²) in [4.78, 5) is 17.3. The highest BCUT2D eigenvalue weighted by molar-refractivity contribution is 7.99. The van der Waals surface area contributed by atoms with Crippen LogP contribution in [-0.4, -0.2) is 59.2 Å². The first-order chi connectivity index (χ1) is 13.7. The second-order valence-corrected chi connectivity index (χ2v) is 7.38. The maximum absolute atomic E-state index is 5.69. The Bertz CT molecular complexity index is 945. The van der Waals surface area contributed by atoms with Crippen LogP contribution in [0.15, 0.2) is 40.6 Å². The quantitative estimate of drug-likeness (QED) is 0.584.